The quantitative estimate of drug-likeness (QED) is 0.169. The van der Waals surface area contributed by atoms with E-state index in [0.717, 1.165) is 49.5 Å². The van der Waals surface area contributed by atoms with Gasteiger partial charge in [-0.25, -0.2) is 0 Å². The van der Waals surface area contributed by atoms with E-state index < -0.39 is 0 Å². The number of nitrogens with zero attached hydrogens (tertiary/aromatic N) is 1. The fourth-order valence-corrected chi connectivity index (χ4v) is 9.46. The summed E-state index contributed by atoms with van der Waals surface area (Å²) in [6.45, 7) is 0. The molecule has 2 nitrogen and oxygen atoms in total. The molecule has 0 bridgehead atoms. The van der Waals surface area contributed by atoms with Crippen LogP contribution in [0.3, 0.4) is 0 Å². The van der Waals surface area contributed by atoms with Crippen LogP contribution in [0.25, 0.3) is 120 Å². The SMILES string of the molecule is c1ccc(-c2c3ccccc3c(-c3cccc4c3oc3cc(-c5c6ccccc6c(-c6ccc7cccnc7c6)c6ccccc56)ccc34)c3ccccc23)cc1. The summed E-state index contributed by atoms with van der Waals surface area (Å²) in [5.41, 5.74) is 12.3. The van der Waals surface area contributed by atoms with Crippen molar-refractivity contribution in [2.24, 2.45) is 0 Å². The van der Waals surface area contributed by atoms with E-state index in [1.165, 1.54) is 70.9 Å². The summed E-state index contributed by atoms with van der Waals surface area (Å²) in [7, 11) is 0. The molecule has 0 unspecified atom stereocenters. The molecule has 10 aromatic carbocycles. The minimum Gasteiger partial charge on any atom is -0.455 e. The third kappa shape index (κ3) is 4.81. The summed E-state index contributed by atoms with van der Waals surface area (Å²) in [4.78, 5) is 4.70. The number of pyridine rings is 1. The molecule has 0 amide bonds. The van der Waals surface area contributed by atoms with Gasteiger partial charge in [0, 0.05) is 33.5 Å². The van der Waals surface area contributed by atoms with E-state index in [1.807, 2.05) is 12.3 Å². The molecule has 2 aromatic heterocycles. The van der Waals surface area contributed by atoms with Crippen LogP contribution in [0.5, 0.6) is 0 Å². The van der Waals surface area contributed by atoms with Gasteiger partial charge in [0.25, 0.3) is 0 Å². The summed E-state index contributed by atoms with van der Waals surface area (Å²) in [5.74, 6) is 0. The largest absolute Gasteiger partial charge is 0.455 e. The highest BCUT2D eigenvalue weighted by Crippen LogP contribution is 2.48. The molecule has 0 radical (unpaired) electrons. The Morgan fingerprint density at radius 1 is 0.316 bits per heavy atom. The second-order valence-electron chi connectivity index (χ2n) is 15.0. The van der Waals surface area contributed by atoms with Crippen LogP contribution in [0.4, 0.5) is 0 Å². The molecular weight excluding hydrogens is 691 g/mol. The minimum absolute atomic E-state index is 0.877. The zero-order valence-electron chi connectivity index (χ0n) is 30.9. The van der Waals surface area contributed by atoms with Crippen molar-refractivity contribution >= 4 is 75.9 Å². The molecule has 0 spiro atoms. The van der Waals surface area contributed by atoms with Gasteiger partial charge in [-0.1, -0.05) is 170 Å². The van der Waals surface area contributed by atoms with Crippen LogP contribution in [-0.4, -0.2) is 4.98 Å². The molecule has 0 saturated heterocycles. The van der Waals surface area contributed by atoms with Crippen LogP contribution >= 0.6 is 0 Å². The average Bonchev–Trinajstić information content (AvgIpc) is 3.66. The van der Waals surface area contributed by atoms with E-state index >= 15 is 0 Å². The maximum atomic E-state index is 7.06. The van der Waals surface area contributed by atoms with E-state index in [0.29, 0.717) is 0 Å². The van der Waals surface area contributed by atoms with Gasteiger partial charge in [0.2, 0.25) is 0 Å². The van der Waals surface area contributed by atoms with E-state index in [-0.39, 0.29) is 0 Å². The number of benzene rings is 10. The number of hydrogen-bond donors (Lipinski definition) is 0. The van der Waals surface area contributed by atoms with Gasteiger partial charge in [-0.2, -0.15) is 0 Å². The average molecular weight is 724 g/mol. The molecule has 12 rings (SSSR count). The summed E-state index contributed by atoms with van der Waals surface area (Å²) < 4.78 is 7.06. The predicted molar refractivity (Wildman–Crippen MR) is 241 cm³/mol. The Balaban J connectivity index is 1.10. The molecule has 0 aliphatic carbocycles. The number of furan rings is 1. The normalized spacial score (nSPS) is 11.9. The van der Waals surface area contributed by atoms with Gasteiger partial charge < -0.3 is 4.42 Å². The maximum Gasteiger partial charge on any atom is 0.143 e. The van der Waals surface area contributed by atoms with E-state index in [2.05, 4.69) is 188 Å². The van der Waals surface area contributed by atoms with Crippen molar-refractivity contribution in [3.05, 3.63) is 200 Å². The lowest BCUT2D eigenvalue weighted by Crippen LogP contribution is -1.91. The first-order chi connectivity index (χ1) is 28.3. The van der Waals surface area contributed by atoms with Crippen molar-refractivity contribution in [3.63, 3.8) is 0 Å². The van der Waals surface area contributed by atoms with Crippen molar-refractivity contribution in [3.8, 4) is 44.5 Å². The van der Waals surface area contributed by atoms with E-state index in [4.69, 9.17) is 9.40 Å². The first-order valence-corrected chi connectivity index (χ1v) is 19.5. The van der Waals surface area contributed by atoms with Crippen molar-refractivity contribution in [1.82, 2.24) is 4.98 Å². The van der Waals surface area contributed by atoms with E-state index in [9.17, 15) is 0 Å². The van der Waals surface area contributed by atoms with Crippen LogP contribution < -0.4 is 0 Å². The van der Waals surface area contributed by atoms with Gasteiger partial charge in [0.15, 0.2) is 0 Å². The van der Waals surface area contributed by atoms with Crippen LogP contribution in [0.2, 0.25) is 0 Å². The molecule has 57 heavy (non-hydrogen) atoms. The third-order valence-corrected chi connectivity index (χ3v) is 11.9. The molecule has 12 aromatic rings. The lowest BCUT2D eigenvalue weighted by molar-refractivity contribution is 0.670. The molecule has 0 saturated carbocycles. The van der Waals surface area contributed by atoms with Gasteiger partial charge in [-0.3, -0.25) is 4.98 Å². The smallest absolute Gasteiger partial charge is 0.143 e. The number of rotatable bonds is 4. The van der Waals surface area contributed by atoms with Crippen LogP contribution in [0.1, 0.15) is 0 Å². The molecule has 0 aliphatic rings. The zero-order valence-corrected chi connectivity index (χ0v) is 30.9. The highest BCUT2D eigenvalue weighted by molar-refractivity contribution is 6.25. The Morgan fingerprint density at radius 2 is 0.807 bits per heavy atom. The topological polar surface area (TPSA) is 26.0 Å². The minimum atomic E-state index is 0.877. The Labute approximate surface area is 328 Å². The Hall–Kier alpha value is -7.55. The zero-order chi connectivity index (χ0) is 37.5. The van der Waals surface area contributed by atoms with Crippen LogP contribution in [0.15, 0.2) is 205 Å². The maximum absolute atomic E-state index is 7.06. The number of hydrogen-bond acceptors (Lipinski definition) is 2. The lowest BCUT2D eigenvalue weighted by atomic mass is 9.85. The fourth-order valence-electron chi connectivity index (χ4n) is 9.46. The van der Waals surface area contributed by atoms with Gasteiger partial charge in [0.1, 0.15) is 11.2 Å². The summed E-state index contributed by atoms with van der Waals surface area (Å²) >= 11 is 0. The molecular formula is C55H33NO. The molecule has 0 N–H and O–H groups in total. The highest BCUT2D eigenvalue weighted by atomic mass is 16.3. The third-order valence-electron chi connectivity index (χ3n) is 11.9. The van der Waals surface area contributed by atoms with Crippen LogP contribution in [-0.2, 0) is 0 Å². The van der Waals surface area contributed by atoms with Crippen molar-refractivity contribution in [2.75, 3.05) is 0 Å². The second kappa shape index (κ2) is 12.5. The first-order valence-electron chi connectivity index (χ1n) is 19.5. The standard InChI is InChI=1S/C55H33NO/c1-2-14-35(15-3-1)51-43-21-8-10-23-45(43)54(46-24-11-9-22-44(46)51)48-26-12-25-47-38-30-29-37(33-50(38)57-55(47)48)53-41-19-6-4-17-39(41)52(40-18-5-7-20-42(40)53)36-28-27-34-16-13-31-56-49(34)32-36/h1-33H. The summed E-state index contributed by atoms with van der Waals surface area (Å²) in [5, 5.41) is 13.1. The Kier molecular flexibility index (Phi) is 6.96. The number of aromatic nitrogens is 1. The monoisotopic (exact) mass is 723 g/mol. The summed E-state index contributed by atoms with van der Waals surface area (Å²) in [6.07, 6.45) is 1.87. The van der Waals surface area contributed by atoms with Gasteiger partial charge in [0.05, 0.1) is 5.52 Å². The molecule has 0 fully saturated rings. The number of fused-ring (bicyclic) bond motifs is 8. The molecule has 0 atom stereocenters. The molecule has 2 heterocycles. The lowest BCUT2D eigenvalue weighted by Gasteiger charge is -2.18. The Morgan fingerprint density at radius 3 is 1.40 bits per heavy atom. The summed E-state index contributed by atoms with van der Waals surface area (Å²) in [6, 6.07) is 70.2. The van der Waals surface area contributed by atoms with Gasteiger partial charge in [-0.15, -0.1) is 0 Å². The second-order valence-corrected chi connectivity index (χ2v) is 15.0. The first kappa shape index (κ1) is 31.8. The number of para-hydroxylation sites is 1. The van der Waals surface area contributed by atoms with Gasteiger partial charge in [-0.05, 0) is 101 Å². The fraction of sp³-hybridized carbons (Fsp3) is 0. The Bertz CT molecular complexity index is 3460. The molecule has 2 heteroatoms. The predicted octanol–water partition coefficient (Wildman–Crippen LogP) is 15.4. The highest BCUT2D eigenvalue weighted by Gasteiger charge is 2.22. The van der Waals surface area contributed by atoms with Crippen molar-refractivity contribution in [1.29, 1.82) is 0 Å². The van der Waals surface area contributed by atoms with E-state index in [1.54, 1.807) is 0 Å². The van der Waals surface area contributed by atoms with Crippen LogP contribution in [0, 0.1) is 0 Å². The molecule has 0 aliphatic heterocycles. The van der Waals surface area contributed by atoms with Gasteiger partial charge >= 0.3 is 0 Å². The molecule has 264 valence electrons. The van der Waals surface area contributed by atoms with Crippen molar-refractivity contribution < 1.29 is 4.42 Å². The van der Waals surface area contributed by atoms with Crippen molar-refractivity contribution in [2.45, 2.75) is 0 Å².